The van der Waals surface area contributed by atoms with Crippen LogP contribution in [0.3, 0.4) is 0 Å². The molecule has 1 saturated carbocycles. The number of nitrogens with zero attached hydrogens (tertiary/aromatic N) is 1. The van der Waals surface area contributed by atoms with Crippen LogP contribution in [0.2, 0.25) is 0 Å². The first-order valence-corrected chi connectivity index (χ1v) is 5.80. The van der Waals surface area contributed by atoms with Gasteiger partial charge in [-0.3, -0.25) is 9.59 Å². The Balaban J connectivity index is 2.51. The molecule has 0 aliphatic heterocycles. The molecule has 0 bridgehead atoms. The van der Waals surface area contributed by atoms with Crippen molar-refractivity contribution in [3.8, 4) is 0 Å². The van der Waals surface area contributed by atoms with Crippen molar-refractivity contribution in [3.05, 3.63) is 0 Å². The van der Waals surface area contributed by atoms with Crippen LogP contribution >= 0.6 is 0 Å². The Morgan fingerprint density at radius 3 is 2.35 bits per heavy atom. The van der Waals surface area contributed by atoms with Crippen LogP contribution in [0.4, 0.5) is 0 Å². The predicted octanol–water partition coefficient (Wildman–Crippen LogP) is 0.838. The minimum absolute atomic E-state index is 0.0708. The molecule has 1 amide bonds. The number of carboxylic acid groups (broad SMARTS) is 1. The van der Waals surface area contributed by atoms with Crippen molar-refractivity contribution in [2.45, 2.75) is 20.3 Å². The smallest absolute Gasteiger partial charge is 0.307 e. The summed E-state index contributed by atoms with van der Waals surface area (Å²) in [4.78, 5) is 24.6. The maximum absolute atomic E-state index is 12.1. The number of carbonyl (C=O) groups excluding carboxylic acids is 1. The lowest BCUT2D eigenvalue weighted by atomic mass is 10.1. The summed E-state index contributed by atoms with van der Waals surface area (Å²) in [5, 5.41) is 9.01. The van der Waals surface area contributed by atoms with E-state index < -0.39 is 17.3 Å². The molecule has 0 saturated heterocycles. The molecule has 1 rings (SSSR count). The number of hydrogen-bond donors (Lipinski definition) is 1. The van der Waals surface area contributed by atoms with E-state index in [0.717, 1.165) is 6.42 Å². The lowest BCUT2D eigenvalue weighted by Gasteiger charge is -2.17. The van der Waals surface area contributed by atoms with E-state index in [9.17, 15) is 9.59 Å². The van der Waals surface area contributed by atoms with E-state index in [1.807, 2.05) is 13.8 Å². The summed E-state index contributed by atoms with van der Waals surface area (Å²) in [6.07, 6.45) is 0.767. The number of amides is 1. The molecule has 5 heteroatoms. The van der Waals surface area contributed by atoms with Crippen molar-refractivity contribution in [2.24, 2.45) is 17.3 Å². The van der Waals surface area contributed by atoms with Crippen LogP contribution in [-0.4, -0.2) is 49.2 Å². The molecule has 0 aromatic rings. The van der Waals surface area contributed by atoms with Crippen molar-refractivity contribution in [1.29, 1.82) is 0 Å². The number of rotatable bonds is 6. The molecular formula is C12H21NO4. The van der Waals surface area contributed by atoms with E-state index in [-0.39, 0.29) is 11.8 Å². The quantitative estimate of drug-likeness (QED) is 0.702. The number of aliphatic carboxylic acids is 1. The van der Waals surface area contributed by atoms with Crippen molar-refractivity contribution in [1.82, 2.24) is 4.90 Å². The lowest BCUT2D eigenvalue weighted by Crippen LogP contribution is -2.31. The summed E-state index contributed by atoms with van der Waals surface area (Å²) < 4.78 is 4.92. The second-order valence-electron chi connectivity index (χ2n) is 5.22. The third kappa shape index (κ3) is 2.77. The summed E-state index contributed by atoms with van der Waals surface area (Å²) in [6.45, 7) is 4.87. The fraction of sp³-hybridized carbons (Fsp3) is 0.833. The minimum atomic E-state index is -0.876. The van der Waals surface area contributed by atoms with Crippen molar-refractivity contribution >= 4 is 11.9 Å². The van der Waals surface area contributed by atoms with Crippen LogP contribution in [-0.2, 0) is 14.3 Å². The Labute approximate surface area is 102 Å². The molecule has 98 valence electrons. The van der Waals surface area contributed by atoms with Crippen LogP contribution in [0.5, 0.6) is 0 Å². The zero-order valence-corrected chi connectivity index (χ0v) is 10.9. The second kappa shape index (κ2) is 5.04. The molecule has 1 aliphatic rings. The topological polar surface area (TPSA) is 66.8 Å². The molecule has 1 fully saturated rings. The standard InChI is InChI=1S/C12H21NO4/c1-12(2)8(9(12)11(15)16)10(14)13(3)6-5-7-17-4/h8-9H,5-7H2,1-4H3,(H,15,16). The molecule has 1 aliphatic carbocycles. The molecular weight excluding hydrogens is 222 g/mol. The van der Waals surface area contributed by atoms with Gasteiger partial charge in [-0.15, -0.1) is 0 Å². The first kappa shape index (κ1) is 14.0. The van der Waals surface area contributed by atoms with Gasteiger partial charge in [0.15, 0.2) is 0 Å². The van der Waals surface area contributed by atoms with Gasteiger partial charge in [0.1, 0.15) is 0 Å². The lowest BCUT2D eigenvalue weighted by molar-refractivity contribution is -0.141. The summed E-state index contributed by atoms with van der Waals surface area (Å²) >= 11 is 0. The Bertz CT molecular complexity index is 314. The van der Waals surface area contributed by atoms with Crippen LogP contribution in [0.1, 0.15) is 20.3 Å². The monoisotopic (exact) mass is 243 g/mol. The van der Waals surface area contributed by atoms with Crippen molar-refractivity contribution in [3.63, 3.8) is 0 Å². The fourth-order valence-electron chi connectivity index (χ4n) is 2.35. The van der Waals surface area contributed by atoms with Gasteiger partial charge in [-0.1, -0.05) is 13.8 Å². The maximum atomic E-state index is 12.1. The van der Waals surface area contributed by atoms with Crippen LogP contribution < -0.4 is 0 Å². The van der Waals surface area contributed by atoms with Crippen molar-refractivity contribution < 1.29 is 19.4 Å². The van der Waals surface area contributed by atoms with Gasteiger partial charge >= 0.3 is 5.97 Å². The van der Waals surface area contributed by atoms with E-state index in [1.54, 1.807) is 19.1 Å². The van der Waals surface area contributed by atoms with E-state index in [0.29, 0.717) is 13.2 Å². The van der Waals surface area contributed by atoms with Crippen LogP contribution in [0, 0.1) is 17.3 Å². The predicted molar refractivity (Wildman–Crippen MR) is 62.5 cm³/mol. The van der Waals surface area contributed by atoms with Gasteiger partial charge in [0.05, 0.1) is 11.8 Å². The number of carbonyl (C=O) groups is 2. The summed E-state index contributed by atoms with van der Waals surface area (Å²) in [5.41, 5.74) is -0.418. The average Bonchev–Trinajstić information content (AvgIpc) is 2.80. The average molecular weight is 243 g/mol. The third-order valence-electron chi connectivity index (χ3n) is 3.58. The summed E-state index contributed by atoms with van der Waals surface area (Å²) in [7, 11) is 3.33. The van der Waals surface area contributed by atoms with Gasteiger partial charge in [0, 0.05) is 27.3 Å². The molecule has 0 heterocycles. The van der Waals surface area contributed by atoms with Gasteiger partial charge in [-0.2, -0.15) is 0 Å². The number of hydrogen-bond acceptors (Lipinski definition) is 3. The van der Waals surface area contributed by atoms with Crippen molar-refractivity contribution in [2.75, 3.05) is 27.3 Å². The first-order chi connectivity index (χ1) is 7.84. The highest BCUT2D eigenvalue weighted by Crippen LogP contribution is 2.58. The SMILES string of the molecule is COCCCN(C)C(=O)C1C(C(=O)O)C1(C)C. The molecule has 17 heavy (non-hydrogen) atoms. The van der Waals surface area contributed by atoms with Gasteiger partial charge in [-0.05, 0) is 11.8 Å². The highest BCUT2D eigenvalue weighted by Gasteiger charge is 2.66. The normalized spacial score (nSPS) is 25.4. The molecule has 2 unspecified atom stereocenters. The molecule has 0 aromatic carbocycles. The molecule has 5 nitrogen and oxygen atoms in total. The first-order valence-electron chi connectivity index (χ1n) is 5.80. The van der Waals surface area contributed by atoms with Crippen LogP contribution in [0.25, 0.3) is 0 Å². The molecule has 0 radical (unpaired) electrons. The van der Waals surface area contributed by atoms with E-state index >= 15 is 0 Å². The molecule has 2 atom stereocenters. The minimum Gasteiger partial charge on any atom is -0.481 e. The zero-order valence-electron chi connectivity index (χ0n) is 10.9. The van der Waals surface area contributed by atoms with Gasteiger partial charge in [0.2, 0.25) is 5.91 Å². The van der Waals surface area contributed by atoms with E-state index in [1.165, 1.54) is 0 Å². The fourth-order valence-corrected chi connectivity index (χ4v) is 2.35. The van der Waals surface area contributed by atoms with E-state index in [2.05, 4.69) is 0 Å². The number of methoxy groups -OCH3 is 1. The van der Waals surface area contributed by atoms with Gasteiger partial charge < -0.3 is 14.7 Å². The third-order valence-corrected chi connectivity index (χ3v) is 3.58. The Hall–Kier alpha value is -1.10. The van der Waals surface area contributed by atoms with Crippen LogP contribution in [0.15, 0.2) is 0 Å². The second-order valence-corrected chi connectivity index (χ2v) is 5.22. The largest absolute Gasteiger partial charge is 0.481 e. The zero-order chi connectivity index (χ0) is 13.2. The van der Waals surface area contributed by atoms with Gasteiger partial charge in [-0.25, -0.2) is 0 Å². The Kier molecular flexibility index (Phi) is 4.14. The highest BCUT2D eigenvalue weighted by molar-refractivity contribution is 5.91. The molecule has 1 N–H and O–H groups in total. The highest BCUT2D eigenvalue weighted by atomic mass is 16.5. The summed E-state index contributed by atoms with van der Waals surface area (Å²) in [6, 6.07) is 0. The Morgan fingerprint density at radius 2 is 1.94 bits per heavy atom. The van der Waals surface area contributed by atoms with Gasteiger partial charge in [0.25, 0.3) is 0 Å². The number of carboxylic acids is 1. The van der Waals surface area contributed by atoms with E-state index in [4.69, 9.17) is 9.84 Å². The summed E-state index contributed by atoms with van der Waals surface area (Å²) in [5.74, 6) is -1.87. The molecule has 0 aromatic heterocycles. The number of ether oxygens (including phenoxy) is 1. The Morgan fingerprint density at radius 1 is 1.35 bits per heavy atom. The molecule has 0 spiro atoms. The maximum Gasteiger partial charge on any atom is 0.307 e.